The molecule has 3 aromatic rings. The topological polar surface area (TPSA) is 49.8 Å². The van der Waals surface area contributed by atoms with Crippen LogP contribution >= 0.6 is 0 Å². The lowest BCUT2D eigenvalue weighted by molar-refractivity contribution is -0.130. The van der Waals surface area contributed by atoms with Crippen LogP contribution in [0.3, 0.4) is 0 Å². The van der Waals surface area contributed by atoms with Crippen LogP contribution in [0, 0.1) is 5.92 Å². The minimum absolute atomic E-state index is 0.0190. The first-order chi connectivity index (χ1) is 15.2. The van der Waals surface area contributed by atoms with Crippen molar-refractivity contribution in [1.82, 2.24) is 0 Å². The summed E-state index contributed by atoms with van der Waals surface area (Å²) in [5, 5.41) is 9.19. The third-order valence-corrected chi connectivity index (χ3v) is 6.11. The number of aliphatic hydroxyl groups is 1. The molecule has 160 valence electrons. The van der Waals surface area contributed by atoms with Gasteiger partial charge in [-0.3, -0.25) is 4.79 Å². The van der Waals surface area contributed by atoms with Crippen molar-refractivity contribution in [3.8, 4) is 5.75 Å². The number of carbonyl (C=O) groups excluding carboxylic acids is 1. The summed E-state index contributed by atoms with van der Waals surface area (Å²) < 4.78 is 5.27. The molecule has 1 saturated heterocycles. The Morgan fingerprint density at radius 3 is 2.19 bits per heavy atom. The van der Waals surface area contributed by atoms with Crippen molar-refractivity contribution in [3.63, 3.8) is 0 Å². The van der Waals surface area contributed by atoms with E-state index in [0.29, 0.717) is 6.42 Å². The fraction of sp³-hybridized carbons (Fsp3) is 0.296. The number of carbonyl (C=O) groups is 1. The van der Waals surface area contributed by atoms with Crippen molar-refractivity contribution in [1.29, 1.82) is 0 Å². The summed E-state index contributed by atoms with van der Waals surface area (Å²) in [6.07, 6.45) is 3.47. The number of rotatable bonds is 9. The summed E-state index contributed by atoms with van der Waals surface area (Å²) in [5.41, 5.74) is 4.45. The van der Waals surface area contributed by atoms with Gasteiger partial charge in [0.2, 0.25) is 5.91 Å². The van der Waals surface area contributed by atoms with Crippen LogP contribution in [0.2, 0.25) is 0 Å². The summed E-state index contributed by atoms with van der Waals surface area (Å²) in [6.45, 7) is 0.140. The highest BCUT2D eigenvalue weighted by atomic mass is 16.5. The van der Waals surface area contributed by atoms with E-state index in [1.54, 1.807) is 7.11 Å². The van der Waals surface area contributed by atoms with Gasteiger partial charge in [-0.15, -0.1) is 0 Å². The van der Waals surface area contributed by atoms with Gasteiger partial charge in [-0.1, -0.05) is 54.6 Å². The predicted molar refractivity (Wildman–Crippen MR) is 123 cm³/mol. The van der Waals surface area contributed by atoms with Crippen LogP contribution in [0.1, 0.15) is 35.6 Å². The van der Waals surface area contributed by atoms with E-state index in [1.165, 1.54) is 5.56 Å². The molecule has 31 heavy (non-hydrogen) atoms. The van der Waals surface area contributed by atoms with E-state index in [-0.39, 0.29) is 24.5 Å². The Balaban J connectivity index is 1.53. The van der Waals surface area contributed by atoms with Crippen LogP contribution < -0.4 is 9.64 Å². The number of aliphatic hydroxyl groups excluding tert-OH is 1. The van der Waals surface area contributed by atoms with Gasteiger partial charge in [-0.05, 0) is 66.6 Å². The fourth-order valence-corrected chi connectivity index (χ4v) is 4.42. The van der Waals surface area contributed by atoms with Crippen LogP contribution in [0.5, 0.6) is 5.75 Å². The Kier molecular flexibility index (Phi) is 6.68. The summed E-state index contributed by atoms with van der Waals surface area (Å²) in [7, 11) is 1.64. The molecule has 4 nitrogen and oxygen atoms in total. The highest BCUT2D eigenvalue weighted by Crippen LogP contribution is 2.46. The van der Waals surface area contributed by atoms with Gasteiger partial charge in [-0.25, -0.2) is 0 Å². The van der Waals surface area contributed by atoms with Crippen molar-refractivity contribution >= 4 is 11.6 Å². The Morgan fingerprint density at radius 1 is 0.871 bits per heavy atom. The summed E-state index contributed by atoms with van der Waals surface area (Å²) in [5.74, 6) is 0.943. The minimum Gasteiger partial charge on any atom is -0.497 e. The number of hydrogen-bond donors (Lipinski definition) is 1. The third kappa shape index (κ3) is 4.64. The Bertz CT molecular complexity index is 983. The molecule has 4 rings (SSSR count). The average molecular weight is 416 g/mol. The highest BCUT2D eigenvalue weighted by molar-refractivity contribution is 6.03. The zero-order valence-corrected chi connectivity index (χ0v) is 17.9. The second-order valence-electron chi connectivity index (χ2n) is 8.05. The average Bonchev–Trinajstić information content (AvgIpc) is 2.82. The van der Waals surface area contributed by atoms with E-state index >= 15 is 0 Å². The molecule has 0 radical (unpaired) electrons. The van der Waals surface area contributed by atoms with E-state index in [1.807, 2.05) is 35.2 Å². The molecule has 1 fully saturated rings. The summed E-state index contributed by atoms with van der Waals surface area (Å²) >= 11 is 0. The van der Waals surface area contributed by atoms with E-state index in [4.69, 9.17) is 4.74 Å². The fourth-order valence-electron chi connectivity index (χ4n) is 4.42. The van der Waals surface area contributed by atoms with Gasteiger partial charge in [-0.2, -0.15) is 0 Å². The molecule has 1 aliphatic heterocycles. The number of methoxy groups -OCH3 is 1. The lowest BCUT2D eigenvalue weighted by Crippen LogP contribution is -2.55. The maximum atomic E-state index is 13.2. The molecule has 1 aliphatic rings. The van der Waals surface area contributed by atoms with Crippen molar-refractivity contribution in [2.45, 2.75) is 31.7 Å². The van der Waals surface area contributed by atoms with Crippen molar-refractivity contribution in [2.24, 2.45) is 5.92 Å². The molecule has 0 aromatic heterocycles. The summed E-state index contributed by atoms with van der Waals surface area (Å²) in [6, 6.07) is 26.5. The number of amides is 1. The first-order valence-electron chi connectivity index (χ1n) is 10.9. The minimum atomic E-state index is -0.0190. The van der Waals surface area contributed by atoms with Crippen LogP contribution in [-0.4, -0.2) is 24.7 Å². The second-order valence-corrected chi connectivity index (χ2v) is 8.05. The molecule has 0 bridgehead atoms. The summed E-state index contributed by atoms with van der Waals surface area (Å²) in [4.78, 5) is 15.1. The third-order valence-electron chi connectivity index (χ3n) is 6.11. The van der Waals surface area contributed by atoms with Crippen LogP contribution in [-0.2, 0) is 17.6 Å². The number of β-lactam (4-membered cyclic amide) rings is 1. The van der Waals surface area contributed by atoms with Crippen LogP contribution in [0.15, 0.2) is 78.9 Å². The first-order valence-corrected chi connectivity index (χ1v) is 10.9. The molecule has 3 aromatic carbocycles. The molecule has 2 atom stereocenters. The van der Waals surface area contributed by atoms with Gasteiger partial charge in [0.15, 0.2) is 0 Å². The molecule has 0 spiro atoms. The molecule has 1 amide bonds. The number of anilines is 1. The van der Waals surface area contributed by atoms with E-state index < -0.39 is 0 Å². The second kappa shape index (κ2) is 9.80. The number of ether oxygens (including phenoxy) is 1. The maximum absolute atomic E-state index is 13.2. The van der Waals surface area contributed by atoms with Crippen molar-refractivity contribution < 1.29 is 14.6 Å². The van der Waals surface area contributed by atoms with E-state index in [9.17, 15) is 9.90 Å². The Hall–Kier alpha value is -3.11. The molecule has 0 unspecified atom stereocenters. The first kappa shape index (κ1) is 21.1. The quantitative estimate of drug-likeness (QED) is 0.503. The SMILES string of the molecule is COc1ccc(N2C(=O)[C@H](CCCc3ccccc3)[C@H]2c2ccc(CCO)cc2)cc1. The van der Waals surface area contributed by atoms with Crippen molar-refractivity contribution in [3.05, 3.63) is 95.6 Å². The van der Waals surface area contributed by atoms with Gasteiger partial charge in [0.25, 0.3) is 0 Å². The lowest BCUT2D eigenvalue weighted by atomic mass is 9.78. The lowest BCUT2D eigenvalue weighted by Gasteiger charge is -2.48. The van der Waals surface area contributed by atoms with Gasteiger partial charge in [0.1, 0.15) is 5.75 Å². The number of nitrogens with zero attached hydrogens (tertiary/aromatic N) is 1. The number of benzene rings is 3. The standard InChI is InChI=1S/C27H29NO3/c1-31-24-16-14-23(15-17-24)28-26(22-12-10-21(11-13-22)18-19-29)25(27(28)30)9-5-8-20-6-3-2-4-7-20/h2-4,6-7,10-17,25-26,29H,5,8-9,18-19H2,1H3/t25-,26-/m1/s1. The highest BCUT2D eigenvalue weighted by Gasteiger charge is 2.48. The molecule has 0 saturated carbocycles. The van der Waals surface area contributed by atoms with Gasteiger partial charge < -0.3 is 14.7 Å². The van der Waals surface area contributed by atoms with Gasteiger partial charge in [0, 0.05) is 12.3 Å². The van der Waals surface area contributed by atoms with Crippen LogP contribution in [0.4, 0.5) is 5.69 Å². The normalized spacial score (nSPS) is 18.0. The monoisotopic (exact) mass is 415 g/mol. The zero-order valence-electron chi connectivity index (χ0n) is 17.9. The van der Waals surface area contributed by atoms with Gasteiger partial charge >= 0.3 is 0 Å². The van der Waals surface area contributed by atoms with E-state index in [2.05, 4.69) is 48.5 Å². The maximum Gasteiger partial charge on any atom is 0.233 e. The molecule has 0 aliphatic carbocycles. The number of hydrogen-bond acceptors (Lipinski definition) is 3. The van der Waals surface area contributed by atoms with E-state index in [0.717, 1.165) is 41.8 Å². The Morgan fingerprint density at radius 2 is 1.55 bits per heavy atom. The molecule has 1 heterocycles. The molecular formula is C27H29NO3. The van der Waals surface area contributed by atoms with Crippen molar-refractivity contribution in [2.75, 3.05) is 18.6 Å². The van der Waals surface area contributed by atoms with Gasteiger partial charge in [0.05, 0.1) is 19.1 Å². The molecule has 4 heteroatoms. The zero-order chi connectivity index (χ0) is 21.6. The molecule has 1 N–H and O–H groups in total. The molecular weight excluding hydrogens is 386 g/mol. The largest absolute Gasteiger partial charge is 0.497 e. The predicted octanol–water partition coefficient (Wildman–Crippen LogP) is 4.96. The number of aryl methyl sites for hydroxylation is 1. The Labute approximate surface area is 184 Å². The smallest absolute Gasteiger partial charge is 0.233 e. The van der Waals surface area contributed by atoms with Crippen LogP contribution in [0.25, 0.3) is 0 Å².